The van der Waals surface area contributed by atoms with Crippen LogP contribution in [0.25, 0.3) is 10.9 Å². The van der Waals surface area contributed by atoms with Gasteiger partial charge < -0.3 is 4.98 Å². The van der Waals surface area contributed by atoms with E-state index in [0.29, 0.717) is 10.8 Å². The smallest absolute Gasteiger partial charge is 0.0456 e. The van der Waals surface area contributed by atoms with Gasteiger partial charge in [0.05, 0.1) is 0 Å². The molecule has 1 heteroatoms. The number of hydrogen-bond donors (Lipinski definition) is 1. The summed E-state index contributed by atoms with van der Waals surface area (Å²) in [5.41, 5.74) is 3.64. The summed E-state index contributed by atoms with van der Waals surface area (Å²) >= 11 is 0. The molecule has 1 aliphatic carbocycles. The second-order valence-electron chi connectivity index (χ2n) is 10.6. The van der Waals surface area contributed by atoms with Crippen LogP contribution in [-0.4, -0.2) is 4.98 Å². The monoisotopic (exact) mass is 339 g/mol. The van der Waals surface area contributed by atoms with Gasteiger partial charge in [0, 0.05) is 17.1 Å². The molecule has 25 heavy (non-hydrogen) atoms. The largest absolute Gasteiger partial charge is 0.361 e. The molecule has 0 saturated heterocycles. The molecule has 0 unspecified atom stereocenters. The molecule has 0 atom stereocenters. The van der Waals surface area contributed by atoms with Crippen molar-refractivity contribution in [3.63, 3.8) is 0 Å². The highest BCUT2D eigenvalue weighted by Gasteiger charge is 2.29. The Morgan fingerprint density at radius 3 is 2.12 bits per heavy atom. The molecule has 0 aliphatic heterocycles. The Labute approximate surface area is 154 Å². The van der Waals surface area contributed by atoms with E-state index < -0.39 is 0 Å². The number of aromatic nitrogens is 1. The minimum absolute atomic E-state index is 0.381. The van der Waals surface area contributed by atoms with Gasteiger partial charge in [-0.25, -0.2) is 0 Å². The summed E-state index contributed by atoms with van der Waals surface area (Å²) in [7, 11) is 0. The van der Waals surface area contributed by atoms with E-state index in [0.717, 1.165) is 11.8 Å². The highest BCUT2D eigenvalue weighted by Crippen LogP contribution is 2.41. The number of fused-ring (bicyclic) bond motifs is 1. The van der Waals surface area contributed by atoms with E-state index in [9.17, 15) is 0 Å². The van der Waals surface area contributed by atoms with E-state index in [1.807, 2.05) is 0 Å². The fourth-order valence-corrected chi connectivity index (χ4v) is 5.15. The molecule has 0 spiro atoms. The van der Waals surface area contributed by atoms with Gasteiger partial charge in [-0.05, 0) is 53.6 Å². The third-order valence-electron chi connectivity index (χ3n) is 6.05. The number of benzene rings is 1. The van der Waals surface area contributed by atoms with Crippen LogP contribution in [0.1, 0.15) is 78.7 Å². The van der Waals surface area contributed by atoms with Gasteiger partial charge in [-0.15, -0.1) is 0 Å². The van der Waals surface area contributed by atoms with Crippen LogP contribution in [0.4, 0.5) is 0 Å². The van der Waals surface area contributed by atoms with Gasteiger partial charge in [0.2, 0.25) is 0 Å². The number of rotatable bonds is 5. The van der Waals surface area contributed by atoms with Crippen LogP contribution >= 0.6 is 0 Å². The molecule has 1 N–H and O–H groups in total. The molecule has 1 nitrogen and oxygen atoms in total. The Morgan fingerprint density at radius 1 is 0.880 bits per heavy atom. The minimum atomic E-state index is 0.381. The van der Waals surface area contributed by atoms with Gasteiger partial charge in [-0.2, -0.15) is 0 Å². The molecule has 0 amide bonds. The lowest BCUT2D eigenvalue weighted by molar-refractivity contribution is 0.164. The van der Waals surface area contributed by atoms with E-state index in [1.54, 1.807) is 0 Å². The molecule has 1 saturated carbocycles. The lowest BCUT2D eigenvalue weighted by atomic mass is 9.69. The van der Waals surface area contributed by atoms with Crippen LogP contribution in [0.5, 0.6) is 0 Å². The lowest BCUT2D eigenvalue weighted by Crippen LogP contribution is -2.25. The molecule has 0 bridgehead atoms. The second-order valence-corrected chi connectivity index (χ2v) is 10.6. The van der Waals surface area contributed by atoms with Crippen molar-refractivity contribution in [3.8, 4) is 0 Å². The second kappa shape index (κ2) is 7.17. The number of aromatic amines is 1. The maximum absolute atomic E-state index is 3.44. The average Bonchev–Trinajstić information content (AvgIpc) is 2.90. The molecule has 0 radical (unpaired) electrons. The number of nitrogens with one attached hydrogen (secondary N) is 1. The molecule has 1 aromatic heterocycles. The normalized spacial score (nSPS) is 22.4. The Hall–Kier alpha value is -1.24. The van der Waals surface area contributed by atoms with Crippen molar-refractivity contribution in [3.05, 3.63) is 36.0 Å². The van der Waals surface area contributed by atoms with Crippen LogP contribution in [0.15, 0.2) is 30.5 Å². The molecule has 1 aliphatic rings. The summed E-state index contributed by atoms with van der Waals surface area (Å²) in [4.78, 5) is 3.44. The summed E-state index contributed by atoms with van der Waals surface area (Å²) in [6.07, 6.45) is 12.0. The molecule has 1 fully saturated rings. The lowest BCUT2D eigenvalue weighted by Gasteiger charge is -2.36. The summed E-state index contributed by atoms with van der Waals surface area (Å²) in [5, 5.41) is 1.41. The zero-order chi connectivity index (χ0) is 18.1. The molecule has 1 aromatic carbocycles. The van der Waals surface area contributed by atoms with Crippen molar-refractivity contribution in [2.75, 3.05) is 0 Å². The van der Waals surface area contributed by atoms with E-state index in [-0.39, 0.29) is 0 Å². The summed E-state index contributed by atoms with van der Waals surface area (Å²) in [5.74, 6) is 1.89. The maximum atomic E-state index is 3.44. The summed E-state index contributed by atoms with van der Waals surface area (Å²) in [6.45, 7) is 12.1. The Bertz CT molecular complexity index is 677. The number of hydrogen-bond acceptors (Lipinski definition) is 0. The van der Waals surface area contributed by atoms with Crippen molar-refractivity contribution in [1.82, 2.24) is 4.98 Å². The Kier molecular flexibility index (Phi) is 5.32. The van der Waals surface area contributed by atoms with Crippen LogP contribution in [0, 0.1) is 22.7 Å². The molecule has 138 valence electrons. The van der Waals surface area contributed by atoms with Crippen molar-refractivity contribution in [2.45, 2.75) is 79.6 Å². The van der Waals surface area contributed by atoms with Gasteiger partial charge in [0.15, 0.2) is 0 Å². The Balaban J connectivity index is 1.55. The number of para-hydroxylation sites is 1. The van der Waals surface area contributed by atoms with Crippen molar-refractivity contribution < 1.29 is 0 Å². The zero-order valence-electron chi connectivity index (χ0n) is 17.0. The van der Waals surface area contributed by atoms with E-state index in [4.69, 9.17) is 0 Å². The maximum Gasteiger partial charge on any atom is 0.0456 e. The zero-order valence-corrected chi connectivity index (χ0v) is 17.0. The van der Waals surface area contributed by atoms with E-state index in [2.05, 4.69) is 70.1 Å². The van der Waals surface area contributed by atoms with Crippen molar-refractivity contribution >= 4 is 10.9 Å². The Morgan fingerprint density at radius 2 is 1.48 bits per heavy atom. The fourth-order valence-electron chi connectivity index (χ4n) is 5.15. The molecule has 3 rings (SSSR count). The predicted octanol–water partition coefficient (Wildman–Crippen LogP) is 7.37. The van der Waals surface area contributed by atoms with Gasteiger partial charge in [-0.1, -0.05) is 78.5 Å². The summed E-state index contributed by atoms with van der Waals surface area (Å²) < 4.78 is 0. The highest BCUT2D eigenvalue weighted by atomic mass is 14.7. The van der Waals surface area contributed by atoms with Crippen molar-refractivity contribution in [2.24, 2.45) is 22.7 Å². The minimum Gasteiger partial charge on any atom is -0.361 e. The molecular weight excluding hydrogens is 302 g/mol. The summed E-state index contributed by atoms with van der Waals surface area (Å²) in [6, 6.07) is 8.71. The molecule has 2 aromatic rings. The van der Waals surface area contributed by atoms with Crippen LogP contribution in [0.2, 0.25) is 0 Å². The molecule has 1 heterocycles. The first kappa shape index (κ1) is 18.5. The number of H-pyrrole nitrogens is 1. The quantitative estimate of drug-likeness (QED) is 0.585. The topological polar surface area (TPSA) is 15.8 Å². The average molecular weight is 340 g/mol. The highest BCUT2D eigenvalue weighted by molar-refractivity contribution is 5.83. The predicted molar refractivity (Wildman–Crippen MR) is 110 cm³/mol. The first-order valence-electron chi connectivity index (χ1n) is 10.3. The van der Waals surface area contributed by atoms with Gasteiger partial charge >= 0.3 is 0 Å². The first-order valence-corrected chi connectivity index (χ1v) is 10.3. The van der Waals surface area contributed by atoms with Crippen molar-refractivity contribution in [1.29, 1.82) is 0 Å². The van der Waals surface area contributed by atoms with Crippen LogP contribution in [0.3, 0.4) is 0 Å². The van der Waals surface area contributed by atoms with Gasteiger partial charge in [-0.3, -0.25) is 0 Å². The van der Waals surface area contributed by atoms with Crippen LogP contribution in [-0.2, 0) is 6.42 Å². The van der Waals surface area contributed by atoms with E-state index in [1.165, 1.54) is 61.4 Å². The molecular formula is C24H37N. The third-order valence-corrected chi connectivity index (χ3v) is 6.05. The first-order chi connectivity index (χ1) is 11.7. The third kappa shape index (κ3) is 5.12. The standard InChI is InChI=1S/C24H37N/c1-23(2,3)14-18-10-12-19(13-11-18)15-24(4,5)16-20-17-25-22-9-7-6-8-21(20)22/h6-9,17-19,25H,10-16H2,1-5H3. The SMILES string of the molecule is CC(C)(C)CC1CCC(CC(C)(C)Cc2c[nH]c3ccccc23)CC1. The fraction of sp³-hybridized carbons (Fsp3) is 0.667. The van der Waals surface area contributed by atoms with E-state index >= 15 is 0 Å². The van der Waals surface area contributed by atoms with Gasteiger partial charge in [0.1, 0.15) is 0 Å². The van der Waals surface area contributed by atoms with Crippen LogP contribution < -0.4 is 0 Å². The van der Waals surface area contributed by atoms with Gasteiger partial charge in [0.25, 0.3) is 0 Å².